The normalized spacial score (nSPS) is 7.44. The molecular formula is C7H16O2. The van der Waals surface area contributed by atoms with Crippen LogP contribution in [0.2, 0.25) is 0 Å². The molecule has 0 aliphatic carbocycles. The summed E-state index contributed by atoms with van der Waals surface area (Å²) in [5.41, 5.74) is 0. The minimum Gasteiger partial charge on any atom is -0.481 e. The highest BCUT2D eigenvalue weighted by Crippen LogP contribution is 1.88. The van der Waals surface area contributed by atoms with Crippen LogP contribution in [-0.4, -0.2) is 11.1 Å². The molecule has 9 heavy (non-hydrogen) atoms. The van der Waals surface area contributed by atoms with Crippen molar-refractivity contribution in [3.05, 3.63) is 0 Å². The first-order valence-electron chi connectivity index (χ1n) is 3.34. The van der Waals surface area contributed by atoms with Gasteiger partial charge in [-0.05, 0) is 0 Å². The molecule has 0 aliphatic rings. The fourth-order valence-corrected chi connectivity index (χ4v) is 0.354. The van der Waals surface area contributed by atoms with E-state index >= 15 is 0 Å². The van der Waals surface area contributed by atoms with E-state index in [0.29, 0.717) is 0 Å². The van der Waals surface area contributed by atoms with E-state index in [2.05, 4.69) is 13.8 Å². The van der Waals surface area contributed by atoms with Crippen molar-refractivity contribution < 1.29 is 9.90 Å². The molecule has 0 fully saturated rings. The van der Waals surface area contributed by atoms with E-state index in [1.54, 1.807) is 0 Å². The summed E-state index contributed by atoms with van der Waals surface area (Å²) in [4.78, 5) is 9.00. The number of unbranched alkanes of at least 4 members (excludes halogenated alkanes) is 2. The first-order valence-corrected chi connectivity index (χ1v) is 3.34. The molecule has 0 saturated carbocycles. The largest absolute Gasteiger partial charge is 0.481 e. The van der Waals surface area contributed by atoms with Crippen molar-refractivity contribution in [2.45, 2.75) is 40.0 Å². The highest BCUT2D eigenvalue weighted by atomic mass is 16.4. The number of rotatable bonds is 2. The van der Waals surface area contributed by atoms with E-state index in [9.17, 15) is 0 Å². The molecule has 0 atom stereocenters. The molecule has 0 unspecified atom stereocenters. The van der Waals surface area contributed by atoms with Gasteiger partial charge < -0.3 is 5.11 Å². The van der Waals surface area contributed by atoms with Crippen molar-refractivity contribution in [1.29, 1.82) is 0 Å². The Morgan fingerprint density at radius 2 is 1.56 bits per heavy atom. The van der Waals surface area contributed by atoms with Gasteiger partial charge in [0.1, 0.15) is 0 Å². The Hall–Kier alpha value is -0.530. The second-order valence-electron chi connectivity index (χ2n) is 1.87. The SMILES string of the molecule is CC(=O)O.CCCCC. The number of aliphatic carboxylic acids is 1. The number of hydrogen-bond acceptors (Lipinski definition) is 1. The summed E-state index contributed by atoms with van der Waals surface area (Å²) < 4.78 is 0. The lowest BCUT2D eigenvalue weighted by Crippen LogP contribution is -1.78. The van der Waals surface area contributed by atoms with Crippen molar-refractivity contribution >= 4 is 5.97 Å². The van der Waals surface area contributed by atoms with Gasteiger partial charge in [-0.3, -0.25) is 4.79 Å². The van der Waals surface area contributed by atoms with Crippen molar-refractivity contribution in [3.63, 3.8) is 0 Å². The zero-order valence-electron chi connectivity index (χ0n) is 6.48. The molecule has 0 heterocycles. The van der Waals surface area contributed by atoms with Crippen LogP contribution in [0.1, 0.15) is 40.0 Å². The molecule has 2 heteroatoms. The van der Waals surface area contributed by atoms with Crippen LogP contribution in [0.4, 0.5) is 0 Å². The van der Waals surface area contributed by atoms with Crippen LogP contribution in [-0.2, 0) is 4.79 Å². The fourth-order valence-electron chi connectivity index (χ4n) is 0.354. The van der Waals surface area contributed by atoms with E-state index in [1.165, 1.54) is 19.3 Å². The quantitative estimate of drug-likeness (QED) is 0.625. The van der Waals surface area contributed by atoms with Crippen LogP contribution in [0, 0.1) is 0 Å². The summed E-state index contributed by atoms with van der Waals surface area (Å²) in [6.45, 7) is 5.51. The molecule has 56 valence electrons. The van der Waals surface area contributed by atoms with Gasteiger partial charge in [-0.15, -0.1) is 0 Å². The van der Waals surface area contributed by atoms with Crippen molar-refractivity contribution in [1.82, 2.24) is 0 Å². The average molecular weight is 132 g/mol. The minimum absolute atomic E-state index is 0.833. The lowest BCUT2D eigenvalue weighted by atomic mass is 10.3. The van der Waals surface area contributed by atoms with E-state index < -0.39 is 5.97 Å². The van der Waals surface area contributed by atoms with E-state index in [-0.39, 0.29) is 0 Å². The molecule has 0 aliphatic heterocycles. The summed E-state index contributed by atoms with van der Waals surface area (Å²) in [5.74, 6) is -0.833. The summed E-state index contributed by atoms with van der Waals surface area (Å²) >= 11 is 0. The third kappa shape index (κ3) is 103. The molecule has 0 aromatic rings. The molecule has 0 aromatic heterocycles. The highest BCUT2D eigenvalue weighted by Gasteiger charge is 1.68. The van der Waals surface area contributed by atoms with Crippen LogP contribution < -0.4 is 0 Å². The summed E-state index contributed by atoms with van der Waals surface area (Å²) in [5, 5.41) is 7.42. The maximum Gasteiger partial charge on any atom is 0.300 e. The summed E-state index contributed by atoms with van der Waals surface area (Å²) in [7, 11) is 0. The van der Waals surface area contributed by atoms with E-state index in [1.807, 2.05) is 0 Å². The molecule has 0 saturated heterocycles. The molecule has 0 radical (unpaired) electrons. The summed E-state index contributed by atoms with van der Waals surface area (Å²) in [6, 6.07) is 0. The third-order valence-electron chi connectivity index (χ3n) is 0.707. The van der Waals surface area contributed by atoms with Gasteiger partial charge >= 0.3 is 0 Å². The van der Waals surface area contributed by atoms with Crippen molar-refractivity contribution in [2.75, 3.05) is 0 Å². The predicted octanol–water partition coefficient (Wildman–Crippen LogP) is 2.29. The van der Waals surface area contributed by atoms with Gasteiger partial charge in [-0.2, -0.15) is 0 Å². The fraction of sp³-hybridized carbons (Fsp3) is 0.857. The second-order valence-corrected chi connectivity index (χ2v) is 1.87. The van der Waals surface area contributed by atoms with Crippen LogP contribution in [0.3, 0.4) is 0 Å². The Morgan fingerprint density at radius 1 is 1.33 bits per heavy atom. The maximum atomic E-state index is 9.00. The lowest BCUT2D eigenvalue weighted by molar-refractivity contribution is -0.134. The zero-order valence-corrected chi connectivity index (χ0v) is 6.48. The van der Waals surface area contributed by atoms with Crippen LogP contribution in [0.15, 0.2) is 0 Å². The number of carboxylic acids is 1. The molecular weight excluding hydrogens is 116 g/mol. The Labute approximate surface area is 56.9 Å². The monoisotopic (exact) mass is 132 g/mol. The van der Waals surface area contributed by atoms with Gasteiger partial charge in [-0.1, -0.05) is 33.1 Å². The second kappa shape index (κ2) is 10.5. The number of hydrogen-bond donors (Lipinski definition) is 1. The van der Waals surface area contributed by atoms with Crippen molar-refractivity contribution in [2.24, 2.45) is 0 Å². The molecule has 0 spiro atoms. The van der Waals surface area contributed by atoms with Gasteiger partial charge in [0.15, 0.2) is 0 Å². The van der Waals surface area contributed by atoms with E-state index in [4.69, 9.17) is 9.90 Å². The van der Waals surface area contributed by atoms with Gasteiger partial charge in [-0.25, -0.2) is 0 Å². The Bertz CT molecular complexity index is 53.9. The van der Waals surface area contributed by atoms with Gasteiger partial charge in [0, 0.05) is 6.92 Å². The molecule has 0 rings (SSSR count). The number of carboxylic acid groups (broad SMARTS) is 1. The maximum absolute atomic E-state index is 9.00. The summed E-state index contributed by atoms with van der Waals surface area (Å²) in [6.07, 6.45) is 4.08. The predicted molar refractivity (Wildman–Crippen MR) is 38.5 cm³/mol. The molecule has 1 N–H and O–H groups in total. The molecule has 0 amide bonds. The first-order chi connectivity index (χ1) is 4.15. The number of carbonyl (C=O) groups is 1. The third-order valence-corrected chi connectivity index (χ3v) is 0.707. The van der Waals surface area contributed by atoms with Gasteiger partial charge in [0.05, 0.1) is 0 Å². The Balaban J connectivity index is 0. The Morgan fingerprint density at radius 3 is 1.56 bits per heavy atom. The average Bonchev–Trinajstić information content (AvgIpc) is 1.66. The van der Waals surface area contributed by atoms with Crippen molar-refractivity contribution in [3.8, 4) is 0 Å². The zero-order chi connectivity index (χ0) is 7.70. The molecule has 0 aromatic carbocycles. The smallest absolute Gasteiger partial charge is 0.300 e. The lowest BCUT2D eigenvalue weighted by Gasteiger charge is -1.79. The van der Waals surface area contributed by atoms with Crippen LogP contribution in [0.25, 0.3) is 0 Å². The van der Waals surface area contributed by atoms with Gasteiger partial charge in [0.2, 0.25) is 0 Å². The first kappa shape index (κ1) is 11.3. The Kier molecular flexibility index (Phi) is 13.1. The molecule has 0 bridgehead atoms. The standard InChI is InChI=1S/C5H12.C2H4O2/c1-3-5-4-2;1-2(3)4/h3-5H2,1-2H3;1H3,(H,3,4). The molecule has 2 nitrogen and oxygen atoms in total. The highest BCUT2D eigenvalue weighted by molar-refractivity contribution is 5.62. The van der Waals surface area contributed by atoms with Crippen LogP contribution in [0.5, 0.6) is 0 Å². The topological polar surface area (TPSA) is 37.3 Å². The van der Waals surface area contributed by atoms with E-state index in [0.717, 1.165) is 6.92 Å². The minimum atomic E-state index is -0.833. The van der Waals surface area contributed by atoms with Gasteiger partial charge in [0.25, 0.3) is 5.97 Å². The van der Waals surface area contributed by atoms with Crippen LogP contribution >= 0.6 is 0 Å².